The third-order valence-electron chi connectivity index (χ3n) is 6.33. The van der Waals surface area contributed by atoms with Gasteiger partial charge in [-0.05, 0) is 26.0 Å². The summed E-state index contributed by atoms with van der Waals surface area (Å²) in [7, 11) is 2.18. The zero-order chi connectivity index (χ0) is 18.4. The van der Waals surface area contributed by atoms with Crippen molar-refractivity contribution in [3.63, 3.8) is 0 Å². The maximum Gasteiger partial charge on any atom is 0.325 e. The number of fused-ring (bicyclic) bond motifs is 2. The highest BCUT2D eigenvalue weighted by Gasteiger charge is 2.47. The molecule has 26 heavy (non-hydrogen) atoms. The van der Waals surface area contributed by atoms with Crippen LogP contribution in [-0.2, 0) is 14.9 Å². The van der Waals surface area contributed by atoms with Gasteiger partial charge in [-0.3, -0.25) is 9.28 Å². The van der Waals surface area contributed by atoms with E-state index in [-0.39, 0.29) is 5.97 Å². The van der Waals surface area contributed by atoms with E-state index in [2.05, 4.69) is 14.0 Å². The summed E-state index contributed by atoms with van der Waals surface area (Å²) >= 11 is 0. The lowest BCUT2D eigenvalue weighted by atomic mass is 9.74. The molecule has 4 heteroatoms. The van der Waals surface area contributed by atoms with E-state index >= 15 is 0 Å². The molecule has 1 saturated heterocycles. The summed E-state index contributed by atoms with van der Waals surface area (Å²) < 4.78 is 12.8. The summed E-state index contributed by atoms with van der Waals surface area (Å²) in [6.07, 6.45) is 2.37. The molecule has 0 radical (unpaired) electrons. The van der Waals surface area contributed by atoms with Crippen molar-refractivity contribution >= 4 is 5.97 Å². The molecule has 1 fully saturated rings. The minimum Gasteiger partial charge on any atom is -0.457 e. The number of likely N-dealkylation sites (tertiary alicyclic amines) is 1. The fourth-order valence-corrected chi connectivity index (χ4v) is 4.24. The Morgan fingerprint density at radius 1 is 1.15 bits per heavy atom. The van der Waals surface area contributed by atoms with Crippen LogP contribution in [0.3, 0.4) is 0 Å². The van der Waals surface area contributed by atoms with Gasteiger partial charge >= 0.3 is 5.97 Å². The predicted molar refractivity (Wildman–Crippen MR) is 100 cm³/mol. The van der Waals surface area contributed by atoms with Gasteiger partial charge in [0.05, 0.1) is 19.6 Å². The second-order valence-electron chi connectivity index (χ2n) is 7.97. The zero-order valence-corrected chi connectivity index (χ0v) is 15.7. The topological polar surface area (TPSA) is 35.5 Å². The van der Waals surface area contributed by atoms with Crippen molar-refractivity contribution in [1.82, 2.24) is 0 Å². The maximum atomic E-state index is 13.4. The lowest BCUT2D eigenvalue weighted by molar-refractivity contribution is -0.935. The maximum absolute atomic E-state index is 13.4. The number of quaternary nitrogens is 1. The number of esters is 1. The highest BCUT2D eigenvalue weighted by atomic mass is 16.6. The number of nitrogens with zero attached hydrogens (tertiary/aromatic N) is 1. The Balaban J connectivity index is 1.69. The average Bonchev–Trinajstić information content (AvgIpc) is 2.99. The molecule has 2 heterocycles. The van der Waals surface area contributed by atoms with Gasteiger partial charge in [-0.2, -0.15) is 0 Å². The van der Waals surface area contributed by atoms with E-state index in [0.717, 1.165) is 33.7 Å². The molecule has 0 aliphatic carbocycles. The molecule has 2 aliphatic heterocycles. The van der Waals surface area contributed by atoms with E-state index in [0.29, 0.717) is 12.8 Å². The molecule has 136 valence electrons. The molecule has 0 amide bonds. The van der Waals surface area contributed by atoms with Crippen molar-refractivity contribution in [1.29, 1.82) is 0 Å². The van der Waals surface area contributed by atoms with E-state index in [4.69, 9.17) is 9.47 Å². The van der Waals surface area contributed by atoms with E-state index in [1.54, 1.807) is 0 Å². The summed E-state index contributed by atoms with van der Waals surface area (Å²) in [5, 5.41) is 0. The van der Waals surface area contributed by atoms with Crippen LogP contribution in [-0.4, -0.2) is 36.8 Å². The van der Waals surface area contributed by atoms with Gasteiger partial charge < -0.3 is 9.47 Å². The van der Waals surface area contributed by atoms with Crippen LogP contribution < -0.4 is 4.74 Å². The quantitative estimate of drug-likeness (QED) is 0.613. The summed E-state index contributed by atoms with van der Waals surface area (Å²) in [6, 6.07) is 16.0. The van der Waals surface area contributed by atoms with E-state index in [1.165, 1.54) is 12.8 Å². The minimum absolute atomic E-state index is 0.209. The van der Waals surface area contributed by atoms with Crippen molar-refractivity contribution in [2.24, 2.45) is 0 Å². The number of ether oxygens (including phenoxy) is 2. The lowest BCUT2D eigenvalue weighted by Crippen LogP contribution is -2.50. The highest BCUT2D eigenvalue weighted by Crippen LogP contribution is 2.48. The standard InChI is InChI=1S/C22H26NO3/c1-16-9-8-14-23(16,3)15-25-21(24)22(2)17-10-4-6-12-19(17)26-20-13-7-5-11-18(20)22/h4-7,10-13,16H,8-9,14-15H2,1-3H3/q+1. The van der Waals surface area contributed by atoms with Gasteiger partial charge in [0.2, 0.25) is 6.73 Å². The van der Waals surface area contributed by atoms with Crippen molar-refractivity contribution in [2.45, 2.75) is 38.1 Å². The van der Waals surface area contributed by atoms with Crippen LogP contribution in [0.5, 0.6) is 11.5 Å². The molecular formula is C22H26NO3+. The molecular weight excluding hydrogens is 326 g/mol. The molecule has 2 aromatic carbocycles. The second-order valence-corrected chi connectivity index (χ2v) is 7.97. The normalized spacial score (nSPS) is 25.7. The Morgan fingerprint density at radius 3 is 2.27 bits per heavy atom. The van der Waals surface area contributed by atoms with Crippen LogP contribution in [0.4, 0.5) is 0 Å². The van der Waals surface area contributed by atoms with Gasteiger partial charge in [0.1, 0.15) is 16.9 Å². The largest absolute Gasteiger partial charge is 0.457 e. The number of carbonyl (C=O) groups is 1. The van der Waals surface area contributed by atoms with E-state index in [9.17, 15) is 4.79 Å². The molecule has 2 aliphatic rings. The average molecular weight is 352 g/mol. The first kappa shape index (κ1) is 17.1. The van der Waals surface area contributed by atoms with E-state index in [1.807, 2.05) is 55.5 Å². The molecule has 0 bridgehead atoms. The number of benzene rings is 2. The molecule has 2 aromatic rings. The molecule has 4 rings (SSSR count). The zero-order valence-electron chi connectivity index (χ0n) is 15.7. The van der Waals surface area contributed by atoms with Crippen LogP contribution in [0.2, 0.25) is 0 Å². The number of rotatable bonds is 3. The monoisotopic (exact) mass is 352 g/mol. The summed E-state index contributed by atoms with van der Waals surface area (Å²) in [5.74, 6) is 1.24. The predicted octanol–water partition coefficient (Wildman–Crippen LogP) is 4.23. The van der Waals surface area contributed by atoms with Crippen LogP contribution in [0.25, 0.3) is 0 Å². The third-order valence-corrected chi connectivity index (χ3v) is 6.33. The molecule has 2 atom stereocenters. The third kappa shape index (κ3) is 2.52. The number of hydrogen-bond donors (Lipinski definition) is 0. The lowest BCUT2D eigenvalue weighted by Gasteiger charge is -2.37. The first-order chi connectivity index (χ1) is 12.4. The van der Waals surface area contributed by atoms with Gasteiger partial charge in [-0.15, -0.1) is 0 Å². The number of para-hydroxylation sites is 2. The van der Waals surface area contributed by atoms with Gasteiger partial charge in [0.25, 0.3) is 0 Å². The second kappa shape index (κ2) is 6.13. The van der Waals surface area contributed by atoms with Crippen molar-refractivity contribution < 1.29 is 18.8 Å². The smallest absolute Gasteiger partial charge is 0.325 e. The Bertz CT molecular complexity index is 801. The van der Waals surface area contributed by atoms with Crippen LogP contribution >= 0.6 is 0 Å². The van der Waals surface area contributed by atoms with Gasteiger partial charge in [-0.1, -0.05) is 36.4 Å². The van der Waals surface area contributed by atoms with Gasteiger partial charge in [0.15, 0.2) is 0 Å². The van der Waals surface area contributed by atoms with Gasteiger partial charge in [-0.25, -0.2) is 0 Å². The minimum atomic E-state index is -0.868. The molecule has 4 nitrogen and oxygen atoms in total. The van der Waals surface area contributed by atoms with Crippen LogP contribution in [0.1, 0.15) is 37.8 Å². The van der Waals surface area contributed by atoms with Crippen LogP contribution in [0.15, 0.2) is 48.5 Å². The molecule has 0 spiro atoms. The molecule has 0 saturated carbocycles. The van der Waals surface area contributed by atoms with Crippen molar-refractivity contribution in [3.05, 3.63) is 59.7 Å². The Hall–Kier alpha value is -2.33. The summed E-state index contributed by atoms with van der Waals surface area (Å²) in [4.78, 5) is 13.4. The SMILES string of the molecule is CC1CCC[N+]1(C)COC(=O)C1(C)c2ccccc2Oc2ccccc21. The Morgan fingerprint density at radius 2 is 1.73 bits per heavy atom. The van der Waals surface area contributed by atoms with Gasteiger partial charge in [0, 0.05) is 24.0 Å². The summed E-state index contributed by atoms with van der Waals surface area (Å²) in [5.41, 5.74) is 0.856. The number of carbonyl (C=O) groups excluding carboxylic acids is 1. The fourth-order valence-electron chi connectivity index (χ4n) is 4.24. The Labute approximate surface area is 154 Å². The molecule has 2 unspecified atom stereocenters. The molecule has 0 aromatic heterocycles. The van der Waals surface area contributed by atoms with E-state index < -0.39 is 5.41 Å². The first-order valence-corrected chi connectivity index (χ1v) is 9.33. The fraction of sp³-hybridized carbons (Fsp3) is 0.409. The number of hydrogen-bond acceptors (Lipinski definition) is 3. The highest BCUT2D eigenvalue weighted by molar-refractivity contribution is 5.90. The first-order valence-electron chi connectivity index (χ1n) is 9.33. The molecule has 0 N–H and O–H groups in total. The van der Waals surface area contributed by atoms with Crippen LogP contribution in [0, 0.1) is 0 Å². The Kier molecular flexibility index (Phi) is 4.03. The van der Waals surface area contributed by atoms with Crippen molar-refractivity contribution in [3.8, 4) is 11.5 Å². The summed E-state index contributed by atoms with van der Waals surface area (Å²) in [6.45, 7) is 5.66. The van der Waals surface area contributed by atoms with Crippen molar-refractivity contribution in [2.75, 3.05) is 20.3 Å².